The lowest BCUT2D eigenvalue weighted by Gasteiger charge is -2.20. The Kier molecular flexibility index (Phi) is 3.65. The first-order valence-electron chi connectivity index (χ1n) is 5.19. The summed E-state index contributed by atoms with van der Waals surface area (Å²) in [6.07, 6.45) is 2.27. The molecule has 1 aliphatic heterocycles. The van der Waals surface area contributed by atoms with Crippen molar-refractivity contribution in [3.8, 4) is 0 Å². The highest BCUT2D eigenvalue weighted by Crippen LogP contribution is 2.30. The first kappa shape index (κ1) is 12.1. The third kappa shape index (κ3) is 2.30. The Morgan fingerprint density at radius 1 is 1.06 bits per heavy atom. The summed E-state index contributed by atoms with van der Waals surface area (Å²) in [5.41, 5.74) is 1.12. The maximum atomic E-state index is 9.17. The van der Waals surface area contributed by atoms with Gasteiger partial charge in [-0.2, -0.15) is 0 Å². The summed E-state index contributed by atoms with van der Waals surface area (Å²) in [6, 6.07) is 3.21. The number of halogens is 2. The Hall–Kier alpha value is -0.415. The molecule has 1 aliphatic rings. The van der Waals surface area contributed by atoms with Gasteiger partial charge in [0.2, 0.25) is 0 Å². The van der Waals surface area contributed by atoms with Gasteiger partial charge in [0.05, 0.1) is 10.7 Å². The molecule has 0 bridgehead atoms. The van der Waals surface area contributed by atoms with Gasteiger partial charge in [-0.25, -0.2) is 0 Å². The van der Waals surface area contributed by atoms with E-state index in [1.807, 2.05) is 0 Å². The summed E-state index contributed by atoms with van der Waals surface area (Å²) in [7, 11) is -1.56. The molecule has 0 atom stereocenters. The van der Waals surface area contributed by atoms with Gasteiger partial charge in [0.15, 0.2) is 0 Å². The molecule has 0 aliphatic carbocycles. The maximum Gasteiger partial charge on any atom is 0.490 e. The molecule has 1 fully saturated rings. The second-order valence-electron chi connectivity index (χ2n) is 3.89. The molecule has 1 aromatic rings. The predicted octanol–water partition coefficient (Wildman–Crippen LogP) is 1.27. The smallest absolute Gasteiger partial charge is 0.423 e. The number of anilines is 1. The molecular weight excluding hydrogens is 248 g/mol. The van der Waals surface area contributed by atoms with Crippen LogP contribution in [0.15, 0.2) is 12.1 Å². The van der Waals surface area contributed by atoms with E-state index in [0.29, 0.717) is 10.5 Å². The van der Waals surface area contributed by atoms with E-state index in [9.17, 15) is 10.0 Å². The first-order valence-corrected chi connectivity index (χ1v) is 5.95. The van der Waals surface area contributed by atoms with E-state index in [2.05, 4.69) is 4.90 Å². The molecule has 0 spiro atoms. The van der Waals surface area contributed by atoms with Gasteiger partial charge in [-0.05, 0) is 25.0 Å². The summed E-state index contributed by atoms with van der Waals surface area (Å²) in [6.45, 7) is 1.89. The summed E-state index contributed by atoms with van der Waals surface area (Å²) >= 11 is 12.0. The number of hydrogen-bond donors (Lipinski definition) is 2. The van der Waals surface area contributed by atoms with E-state index in [0.717, 1.165) is 31.6 Å². The van der Waals surface area contributed by atoms with Crippen LogP contribution in [0.4, 0.5) is 5.69 Å². The minimum Gasteiger partial charge on any atom is -0.423 e. The molecule has 1 aromatic carbocycles. The Morgan fingerprint density at radius 3 is 2.25 bits per heavy atom. The largest absolute Gasteiger partial charge is 0.490 e. The molecule has 1 saturated heterocycles. The Labute approximate surface area is 105 Å². The van der Waals surface area contributed by atoms with Crippen LogP contribution in [0.5, 0.6) is 0 Å². The Bertz CT molecular complexity index is 395. The summed E-state index contributed by atoms with van der Waals surface area (Å²) in [5.74, 6) is 0. The van der Waals surface area contributed by atoms with Crippen LogP contribution in [0.25, 0.3) is 0 Å². The predicted molar refractivity (Wildman–Crippen MR) is 67.7 cm³/mol. The lowest BCUT2D eigenvalue weighted by atomic mass is 9.80. The normalized spacial score (nSPS) is 15.6. The SMILES string of the molecule is OB(O)c1cc(N2CCCC2)c(Cl)cc1Cl. The monoisotopic (exact) mass is 259 g/mol. The van der Waals surface area contributed by atoms with Gasteiger partial charge in [-0.1, -0.05) is 23.2 Å². The molecule has 86 valence electrons. The van der Waals surface area contributed by atoms with E-state index < -0.39 is 7.12 Å². The molecule has 2 N–H and O–H groups in total. The molecule has 0 unspecified atom stereocenters. The summed E-state index contributed by atoms with van der Waals surface area (Å²) in [4.78, 5) is 2.13. The van der Waals surface area contributed by atoms with Gasteiger partial charge in [0, 0.05) is 23.6 Å². The van der Waals surface area contributed by atoms with Crippen LogP contribution in [-0.4, -0.2) is 30.3 Å². The van der Waals surface area contributed by atoms with E-state index in [4.69, 9.17) is 23.2 Å². The fourth-order valence-electron chi connectivity index (χ4n) is 1.95. The average Bonchev–Trinajstić information content (AvgIpc) is 2.70. The highest BCUT2D eigenvalue weighted by Gasteiger charge is 2.21. The molecular formula is C10H12BCl2NO2. The lowest BCUT2D eigenvalue weighted by Crippen LogP contribution is -2.32. The third-order valence-corrected chi connectivity index (χ3v) is 3.42. The number of benzene rings is 1. The molecule has 16 heavy (non-hydrogen) atoms. The van der Waals surface area contributed by atoms with Gasteiger partial charge < -0.3 is 14.9 Å². The van der Waals surface area contributed by atoms with Crippen LogP contribution in [0.1, 0.15) is 12.8 Å². The number of rotatable bonds is 2. The van der Waals surface area contributed by atoms with Gasteiger partial charge in [0.25, 0.3) is 0 Å². The Morgan fingerprint density at radius 2 is 1.69 bits per heavy atom. The van der Waals surface area contributed by atoms with E-state index >= 15 is 0 Å². The molecule has 1 heterocycles. The number of hydrogen-bond acceptors (Lipinski definition) is 3. The minimum absolute atomic E-state index is 0.281. The molecule has 0 radical (unpaired) electrons. The zero-order valence-electron chi connectivity index (χ0n) is 8.66. The van der Waals surface area contributed by atoms with Crippen LogP contribution in [0.2, 0.25) is 10.0 Å². The van der Waals surface area contributed by atoms with Crippen LogP contribution >= 0.6 is 23.2 Å². The molecule has 2 rings (SSSR count). The minimum atomic E-state index is -1.56. The second-order valence-corrected chi connectivity index (χ2v) is 4.71. The Balaban J connectivity index is 2.40. The van der Waals surface area contributed by atoms with Crippen molar-refractivity contribution in [3.05, 3.63) is 22.2 Å². The van der Waals surface area contributed by atoms with Crippen molar-refractivity contribution in [2.45, 2.75) is 12.8 Å². The standard InChI is InChI=1S/C10H12BCl2NO2/c12-8-6-9(13)10(5-7(8)11(15)16)14-3-1-2-4-14/h5-6,15-16H,1-4H2. The van der Waals surface area contributed by atoms with Gasteiger partial charge in [-0.3, -0.25) is 0 Å². The van der Waals surface area contributed by atoms with Crippen molar-refractivity contribution in [2.75, 3.05) is 18.0 Å². The van der Waals surface area contributed by atoms with Crippen molar-refractivity contribution in [2.24, 2.45) is 0 Å². The maximum absolute atomic E-state index is 9.17. The van der Waals surface area contributed by atoms with Crippen molar-refractivity contribution in [3.63, 3.8) is 0 Å². The average molecular weight is 260 g/mol. The van der Waals surface area contributed by atoms with Crippen molar-refractivity contribution in [1.82, 2.24) is 0 Å². The molecule has 0 saturated carbocycles. The van der Waals surface area contributed by atoms with Crippen molar-refractivity contribution in [1.29, 1.82) is 0 Å². The van der Waals surface area contributed by atoms with E-state index in [-0.39, 0.29) is 5.02 Å². The quantitative estimate of drug-likeness (QED) is 0.787. The fraction of sp³-hybridized carbons (Fsp3) is 0.400. The number of nitrogens with zero attached hydrogens (tertiary/aromatic N) is 1. The zero-order valence-corrected chi connectivity index (χ0v) is 10.2. The van der Waals surface area contributed by atoms with Gasteiger partial charge >= 0.3 is 7.12 Å². The highest BCUT2D eigenvalue weighted by atomic mass is 35.5. The summed E-state index contributed by atoms with van der Waals surface area (Å²) in [5, 5.41) is 19.2. The molecule has 0 amide bonds. The summed E-state index contributed by atoms with van der Waals surface area (Å²) < 4.78 is 0. The molecule has 3 nitrogen and oxygen atoms in total. The van der Waals surface area contributed by atoms with Crippen LogP contribution in [-0.2, 0) is 0 Å². The van der Waals surface area contributed by atoms with E-state index in [1.165, 1.54) is 0 Å². The van der Waals surface area contributed by atoms with Gasteiger partial charge in [0.1, 0.15) is 0 Å². The van der Waals surface area contributed by atoms with Crippen LogP contribution in [0.3, 0.4) is 0 Å². The van der Waals surface area contributed by atoms with Crippen molar-refractivity contribution >= 4 is 41.5 Å². The second kappa shape index (κ2) is 4.84. The van der Waals surface area contributed by atoms with Gasteiger partial charge in [-0.15, -0.1) is 0 Å². The third-order valence-electron chi connectivity index (χ3n) is 2.79. The highest BCUT2D eigenvalue weighted by molar-refractivity contribution is 6.63. The molecule has 6 heteroatoms. The van der Waals surface area contributed by atoms with Crippen LogP contribution in [0, 0.1) is 0 Å². The van der Waals surface area contributed by atoms with Crippen LogP contribution < -0.4 is 10.4 Å². The topological polar surface area (TPSA) is 43.7 Å². The first-order chi connectivity index (χ1) is 7.59. The zero-order chi connectivity index (χ0) is 11.7. The molecule has 0 aromatic heterocycles. The lowest BCUT2D eigenvalue weighted by molar-refractivity contribution is 0.426. The van der Waals surface area contributed by atoms with E-state index in [1.54, 1.807) is 12.1 Å². The van der Waals surface area contributed by atoms with Crippen molar-refractivity contribution < 1.29 is 10.0 Å². The fourth-order valence-corrected chi connectivity index (χ4v) is 2.55.